The molecule has 1 heterocycles. The first-order valence-electron chi connectivity index (χ1n) is 12.9. The normalized spacial score (nSPS) is 15.2. The molecule has 1 aliphatic heterocycles. The van der Waals surface area contributed by atoms with Gasteiger partial charge in [-0.25, -0.2) is 0 Å². The molecule has 0 aromatic heterocycles. The number of nitrogens with one attached hydrogen (secondary N) is 2. The predicted molar refractivity (Wildman–Crippen MR) is 154 cm³/mol. The number of halogens is 2. The van der Waals surface area contributed by atoms with E-state index >= 15 is 0 Å². The van der Waals surface area contributed by atoms with E-state index in [-0.39, 0.29) is 11.7 Å². The molecule has 1 atom stereocenters. The van der Waals surface area contributed by atoms with E-state index < -0.39 is 6.35 Å². The Kier molecular flexibility index (Phi) is 9.80. The van der Waals surface area contributed by atoms with Crippen LogP contribution in [0.15, 0.2) is 66.7 Å². The number of likely N-dealkylation sites (tertiary alicyclic amines) is 1. The van der Waals surface area contributed by atoms with Crippen LogP contribution in [0.3, 0.4) is 0 Å². The van der Waals surface area contributed by atoms with Crippen LogP contribution in [0.1, 0.15) is 60.0 Å². The molecule has 38 heavy (non-hydrogen) atoms. The molecule has 1 saturated heterocycles. The minimum atomic E-state index is -0.950. The van der Waals surface area contributed by atoms with E-state index in [1.165, 1.54) is 18.1 Å². The fourth-order valence-electron chi connectivity index (χ4n) is 4.77. The summed E-state index contributed by atoms with van der Waals surface area (Å²) < 4.78 is 0. The summed E-state index contributed by atoms with van der Waals surface area (Å²) in [4.78, 5) is 25.9. The number of piperidine rings is 1. The number of hydrogen-bond donors (Lipinski definition) is 3. The van der Waals surface area contributed by atoms with Crippen molar-refractivity contribution in [1.29, 1.82) is 0 Å². The number of nitrogens with zero attached hydrogens (tertiary/aromatic N) is 1. The first-order valence-corrected chi connectivity index (χ1v) is 13.7. The third kappa shape index (κ3) is 7.58. The van der Waals surface area contributed by atoms with Gasteiger partial charge in [0.15, 0.2) is 12.1 Å². The standard InChI is InChI=1S/C30H33Cl2N3O3/c1-20(36)24-18-26(31)29(27(32)19-24)34-30(38)35-16-14-23(15-17-35)22-10-12-25(13-11-22)33-28(37)9-5-8-21-6-3-2-4-7-21/h2-4,6-7,10-13,18-19,23,30,34,38H,5,8-9,14-17H2,1H3,(H,33,37). The zero-order chi connectivity index (χ0) is 27.1. The van der Waals surface area contributed by atoms with Crippen LogP contribution >= 0.6 is 23.2 Å². The monoisotopic (exact) mass is 553 g/mol. The number of amides is 1. The number of aliphatic hydroxyl groups is 1. The van der Waals surface area contributed by atoms with Gasteiger partial charge in [0.25, 0.3) is 0 Å². The molecule has 4 rings (SSSR count). The second-order valence-electron chi connectivity index (χ2n) is 9.71. The van der Waals surface area contributed by atoms with Gasteiger partial charge in [-0.15, -0.1) is 0 Å². The Labute approximate surface area is 234 Å². The van der Waals surface area contributed by atoms with E-state index in [9.17, 15) is 14.7 Å². The number of benzene rings is 3. The van der Waals surface area contributed by atoms with E-state index in [2.05, 4.69) is 34.9 Å². The molecule has 1 aliphatic rings. The molecule has 1 fully saturated rings. The molecule has 6 nitrogen and oxygen atoms in total. The van der Waals surface area contributed by atoms with E-state index in [4.69, 9.17) is 23.2 Å². The van der Waals surface area contributed by atoms with Crippen molar-refractivity contribution >= 4 is 46.3 Å². The van der Waals surface area contributed by atoms with Crippen LogP contribution in [0, 0.1) is 0 Å². The highest BCUT2D eigenvalue weighted by atomic mass is 35.5. The second kappa shape index (κ2) is 13.3. The van der Waals surface area contributed by atoms with Gasteiger partial charge in [-0.1, -0.05) is 65.7 Å². The van der Waals surface area contributed by atoms with Crippen molar-refractivity contribution in [3.8, 4) is 0 Å². The highest BCUT2D eigenvalue weighted by molar-refractivity contribution is 6.39. The number of ketones is 1. The third-order valence-electron chi connectivity index (χ3n) is 6.98. The van der Waals surface area contributed by atoms with Gasteiger partial charge >= 0.3 is 0 Å². The SMILES string of the molecule is CC(=O)c1cc(Cl)c(NC(O)N2CCC(c3ccc(NC(=O)CCCc4ccccc4)cc3)CC2)c(Cl)c1. The molecule has 3 aromatic carbocycles. The predicted octanol–water partition coefficient (Wildman–Crippen LogP) is 6.72. The summed E-state index contributed by atoms with van der Waals surface area (Å²) in [5.74, 6) is 0.271. The van der Waals surface area contributed by atoms with Crippen molar-refractivity contribution in [1.82, 2.24) is 4.90 Å². The second-order valence-corrected chi connectivity index (χ2v) is 10.5. The van der Waals surface area contributed by atoms with Gasteiger partial charge < -0.3 is 15.7 Å². The molecule has 1 amide bonds. The average Bonchev–Trinajstić information content (AvgIpc) is 2.91. The van der Waals surface area contributed by atoms with Gasteiger partial charge in [0.05, 0.1) is 15.7 Å². The van der Waals surface area contributed by atoms with Gasteiger partial charge in [0, 0.05) is 30.8 Å². The molecule has 1 unspecified atom stereocenters. The molecule has 0 bridgehead atoms. The maximum absolute atomic E-state index is 12.3. The Morgan fingerprint density at radius 3 is 2.24 bits per heavy atom. The Balaban J connectivity index is 1.23. The van der Waals surface area contributed by atoms with Gasteiger partial charge in [-0.05, 0) is 73.9 Å². The van der Waals surface area contributed by atoms with Crippen LogP contribution in [0.2, 0.25) is 10.0 Å². The lowest BCUT2D eigenvalue weighted by molar-refractivity contribution is -0.116. The zero-order valence-electron chi connectivity index (χ0n) is 21.4. The first-order chi connectivity index (χ1) is 18.3. The van der Waals surface area contributed by atoms with E-state index in [0.717, 1.165) is 31.4 Å². The summed E-state index contributed by atoms with van der Waals surface area (Å²) in [5, 5.41) is 17.3. The Hall–Kier alpha value is -2.90. The maximum atomic E-state index is 12.3. The number of rotatable bonds is 10. The molecule has 8 heteroatoms. The van der Waals surface area contributed by atoms with Crippen molar-refractivity contribution in [2.75, 3.05) is 23.7 Å². The molecular formula is C30H33Cl2N3O3. The topological polar surface area (TPSA) is 81.7 Å². The Morgan fingerprint density at radius 1 is 1.00 bits per heavy atom. The highest BCUT2D eigenvalue weighted by Gasteiger charge is 2.26. The van der Waals surface area contributed by atoms with E-state index in [0.29, 0.717) is 46.7 Å². The lowest BCUT2D eigenvalue weighted by atomic mass is 9.89. The van der Waals surface area contributed by atoms with E-state index in [1.54, 1.807) is 12.1 Å². The van der Waals surface area contributed by atoms with Crippen molar-refractivity contribution in [3.63, 3.8) is 0 Å². The third-order valence-corrected chi connectivity index (χ3v) is 7.57. The molecule has 200 valence electrons. The van der Waals surface area contributed by atoms with Crippen LogP contribution in [0.25, 0.3) is 0 Å². The molecule has 0 saturated carbocycles. The number of carbonyl (C=O) groups excluding carboxylic acids is 2. The average molecular weight is 555 g/mol. The van der Waals surface area contributed by atoms with Crippen molar-refractivity contribution in [3.05, 3.63) is 93.5 Å². The molecule has 0 aliphatic carbocycles. The van der Waals surface area contributed by atoms with Gasteiger partial charge in [0.1, 0.15) is 0 Å². The zero-order valence-corrected chi connectivity index (χ0v) is 22.9. The summed E-state index contributed by atoms with van der Waals surface area (Å²) in [7, 11) is 0. The summed E-state index contributed by atoms with van der Waals surface area (Å²) in [6.07, 6.45) is 3.01. The molecule has 3 N–H and O–H groups in total. The highest BCUT2D eigenvalue weighted by Crippen LogP contribution is 2.34. The lowest BCUT2D eigenvalue weighted by Gasteiger charge is -2.36. The summed E-state index contributed by atoms with van der Waals surface area (Å²) in [5.41, 5.74) is 4.11. The Morgan fingerprint density at radius 2 is 1.63 bits per heavy atom. The van der Waals surface area contributed by atoms with Gasteiger partial charge in [-0.2, -0.15) is 0 Å². The van der Waals surface area contributed by atoms with Gasteiger partial charge in [-0.3, -0.25) is 14.5 Å². The minimum Gasteiger partial charge on any atom is -0.361 e. The van der Waals surface area contributed by atoms with Crippen LogP contribution in [0.5, 0.6) is 0 Å². The van der Waals surface area contributed by atoms with Crippen LogP contribution in [-0.4, -0.2) is 41.1 Å². The maximum Gasteiger partial charge on any atom is 0.224 e. The lowest BCUT2D eigenvalue weighted by Crippen LogP contribution is -2.45. The quantitative estimate of drug-likeness (QED) is 0.191. The summed E-state index contributed by atoms with van der Waals surface area (Å²) >= 11 is 12.6. The van der Waals surface area contributed by atoms with Crippen LogP contribution in [0.4, 0.5) is 11.4 Å². The fraction of sp³-hybridized carbons (Fsp3) is 0.333. The van der Waals surface area contributed by atoms with Crippen molar-refractivity contribution in [2.24, 2.45) is 0 Å². The Bertz CT molecular complexity index is 1220. The van der Waals surface area contributed by atoms with Crippen LogP contribution in [-0.2, 0) is 11.2 Å². The molecular weight excluding hydrogens is 521 g/mol. The molecule has 3 aromatic rings. The number of aliphatic hydroxyl groups excluding tert-OH is 1. The number of aryl methyl sites for hydroxylation is 1. The van der Waals surface area contributed by atoms with Crippen LogP contribution < -0.4 is 10.6 Å². The van der Waals surface area contributed by atoms with Crippen molar-refractivity contribution in [2.45, 2.75) is 51.3 Å². The molecule has 0 spiro atoms. The number of carbonyl (C=O) groups is 2. The first kappa shape index (κ1) is 28.1. The largest absolute Gasteiger partial charge is 0.361 e. The summed E-state index contributed by atoms with van der Waals surface area (Å²) in [6.45, 7) is 2.84. The van der Waals surface area contributed by atoms with Gasteiger partial charge in [0.2, 0.25) is 5.91 Å². The number of Topliss-reactive ketones (excluding diaryl/α,β-unsaturated/α-hetero) is 1. The number of hydrogen-bond acceptors (Lipinski definition) is 5. The smallest absolute Gasteiger partial charge is 0.224 e. The number of anilines is 2. The summed E-state index contributed by atoms with van der Waals surface area (Å²) in [6, 6.07) is 21.4. The van der Waals surface area contributed by atoms with Crippen molar-refractivity contribution < 1.29 is 14.7 Å². The fourth-order valence-corrected chi connectivity index (χ4v) is 5.37. The van der Waals surface area contributed by atoms with E-state index in [1.807, 2.05) is 35.2 Å². The minimum absolute atomic E-state index is 0.0274. The molecule has 0 radical (unpaired) electrons.